The Balaban J connectivity index is 1.86. The summed E-state index contributed by atoms with van der Waals surface area (Å²) in [6.07, 6.45) is 6.16. The average molecular weight is 277 g/mol. The number of benzene rings is 1. The van der Waals surface area contributed by atoms with Crippen LogP contribution in [0.1, 0.15) is 28.8 Å². The maximum absolute atomic E-state index is 14.0. The fraction of sp³-hybridized carbons (Fsp3) is 0.438. The molecule has 1 aliphatic carbocycles. The molecular weight excluding hydrogens is 260 g/mol. The van der Waals surface area contributed by atoms with Gasteiger partial charge in [0.25, 0.3) is 5.91 Å². The molecule has 0 bridgehead atoms. The van der Waals surface area contributed by atoms with Gasteiger partial charge in [0, 0.05) is 13.1 Å². The molecule has 20 heavy (non-hydrogen) atoms. The summed E-state index contributed by atoms with van der Waals surface area (Å²) >= 11 is 0. The summed E-state index contributed by atoms with van der Waals surface area (Å²) in [5.41, 5.74) is -0.107. The van der Waals surface area contributed by atoms with Crippen LogP contribution in [0.2, 0.25) is 0 Å². The highest BCUT2D eigenvalue weighted by molar-refractivity contribution is 5.95. The zero-order valence-corrected chi connectivity index (χ0v) is 11.4. The molecule has 0 aromatic heterocycles. The molecular formula is C16H17F2NO. The Morgan fingerprint density at radius 2 is 1.75 bits per heavy atom. The Kier molecular flexibility index (Phi) is 3.32. The van der Waals surface area contributed by atoms with Gasteiger partial charge in [-0.15, -0.1) is 0 Å². The SMILES string of the molecule is Cc1ccc(F)c(C(=O)N2C[C@H]3CC=CC[C@H]3C2)c1F. The van der Waals surface area contributed by atoms with Gasteiger partial charge in [0.05, 0.1) is 0 Å². The van der Waals surface area contributed by atoms with Gasteiger partial charge in [-0.3, -0.25) is 4.79 Å². The zero-order chi connectivity index (χ0) is 14.3. The minimum Gasteiger partial charge on any atom is -0.338 e. The smallest absolute Gasteiger partial charge is 0.259 e. The van der Waals surface area contributed by atoms with Crippen LogP contribution in [0.4, 0.5) is 8.78 Å². The highest BCUT2D eigenvalue weighted by Gasteiger charge is 2.37. The lowest BCUT2D eigenvalue weighted by Gasteiger charge is -2.17. The van der Waals surface area contributed by atoms with Crippen LogP contribution in [-0.4, -0.2) is 23.9 Å². The predicted molar refractivity (Wildman–Crippen MR) is 72.4 cm³/mol. The van der Waals surface area contributed by atoms with Crippen molar-refractivity contribution in [3.8, 4) is 0 Å². The van der Waals surface area contributed by atoms with E-state index in [1.165, 1.54) is 6.07 Å². The van der Waals surface area contributed by atoms with Crippen molar-refractivity contribution in [2.45, 2.75) is 19.8 Å². The monoisotopic (exact) mass is 277 g/mol. The number of rotatable bonds is 1. The third-order valence-corrected chi connectivity index (χ3v) is 4.41. The largest absolute Gasteiger partial charge is 0.338 e. The van der Waals surface area contributed by atoms with Gasteiger partial charge in [-0.2, -0.15) is 0 Å². The Bertz CT molecular complexity index is 566. The molecule has 1 aromatic carbocycles. The summed E-state index contributed by atoms with van der Waals surface area (Å²) in [5, 5.41) is 0. The minimum atomic E-state index is -0.772. The van der Waals surface area contributed by atoms with Crippen molar-refractivity contribution in [3.05, 3.63) is 47.0 Å². The number of likely N-dealkylation sites (tertiary alicyclic amines) is 1. The van der Waals surface area contributed by atoms with Crippen molar-refractivity contribution in [1.82, 2.24) is 4.90 Å². The molecule has 1 aromatic rings. The van der Waals surface area contributed by atoms with Crippen molar-refractivity contribution in [1.29, 1.82) is 0 Å². The highest BCUT2D eigenvalue weighted by Crippen LogP contribution is 2.34. The van der Waals surface area contributed by atoms with Gasteiger partial charge in [-0.25, -0.2) is 8.78 Å². The van der Waals surface area contributed by atoms with E-state index >= 15 is 0 Å². The number of nitrogens with zero attached hydrogens (tertiary/aromatic N) is 1. The van der Waals surface area contributed by atoms with E-state index in [2.05, 4.69) is 12.2 Å². The number of fused-ring (bicyclic) bond motifs is 1. The summed E-state index contributed by atoms with van der Waals surface area (Å²) < 4.78 is 27.8. The molecule has 1 heterocycles. The molecule has 2 aliphatic rings. The first-order valence-corrected chi connectivity index (χ1v) is 6.96. The molecule has 4 heteroatoms. The molecule has 0 unspecified atom stereocenters. The van der Waals surface area contributed by atoms with Crippen LogP contribution in [0, 0.1) is 30.4 Å². The quantitative estimate of drug-likeness (QED) is 0.721. The molecule has 1 saturated heterocycles. The summed E-state index contributed by atoms with van der Waals surface area (Å²) in [6.45, 7) is 2.74. The molecule has 106 valence electrons. The normalized spacial score (nSPS) is 24.9. The molecule has 1 fully saturated rings. The van der Waals surface area contributed by atoms with E-state index in [0.29, 0.717) is 30.5 Å². The summed E-state index contributed by atoms with van der Waals surface area (Å²) in [4.78, 5) is 14.0. The Hall–Kier alpha value is -1.71. The summed E-state index contributed by atoms with van der Waals surface area (Å²) in [6, 6.07) is 2.52. The van der Waals surface area contributed by atoms with E-state index < -0.39 is 23.1 Å². The fourth-order valence-electron chi connectivity index (χ4n) is 3.19. The molecule has 0 spiro atoms. The van der Waals surface area contributed by atoms with E-state index in [1.54, 1.807) is 11.8 Å². The van der Waals surface area contributed by atoms with Gasteiger partial charge in [0.1, 0.15) is 17.2 Å². The number of allylic oxidation sites excluding steroid dienone is 2. The van der Waals surface area contributed by atoms with E-state index in [4.69, 9.17) is 0 Å². The first-order valence-electron chi connectivity index (χ1n) is 6.96. The predicted octanol–water partition coefficient (Wildman–Crippen LogP) is 3.31. The van der Waals surface area contributed by atoms with Crippen LogP contribution < -0.4 is 0 Å². The molecule has 0 N–H and O–H groups in total. The number of carbonyl (C=O) groups excluding carboxylic acids is 1. The molecule has 2 nitrogen and oxygen atoms in total. The highest BCUT2D eigenvalue weighted by atomic mass is 19.1. The summed E-state index contributed by atoms with van der Waals surface area (Å²) in [5.74, 6) is -1.16. The number of hydrogen-bond donors (Lipinski definition) is 0. The third-order valence-electron chi connectivity index (χ3n) is 4.41. The van der Waals surface area contributed by atoms with E-state index in [0.717, 1.165) is 18.9 Å². The van der Waals surface area contributed by atoms with Crippen LogP contribution in [-0.2, 0) is 0 Å². The maximum atomic E-state index is 14.0. The van der Waals surface area contributed by atoms with Crippen molar-refractivity contribution >= 4 is 5.91 Å². The van der Waals surface area contributed by atoms with E-state index in [-0.39, 0.29) is 0 Å². The van der Waals surface area contributed by atoms with Crippen molar-refractivity contribution in [2.75, 3.05) is 13.1 Å². The van der Waals surface area contributed by atoms with Gasteiger partial charge in [-0.1, -0.05) is 18.2 Å². The second-order valence-electron chi connectivity index (χ2n) is 5.73. The molecule has 1 amide bonds. The first-order chi connectivity index (χ1) is 9.58. The van der Waals surface area contributed by atoms with Crippen LogP contribution >= 0.6 is 0 Å². The second-order valence-corrected chi connectivity index (χ2v) is 5.73. The molecule has 1 aliphatic heterocycles. The average Bonchev–Trinajstić information content (AvgIpc) is 2.87. The van der Waals surface area contributed by atoms with Gasteiger partial charge >= 0.3 is 0 Å². The second kappa shape index (κ2) is 5.00. The van der Waals surface area contributed by atoms with Gasteiger partial charge < -0.3 is 4.90 Å². The zero-order valence-electron chi connectivity index (χ0n) is 11.4. The Morgan fingerprint density at radius 3 is 2.35 bits per heavy atom. The fourth-order valence-corrected chi connectivity index (χ4v) is 3.19. The van der Waals surface area contributed by atoms with Crippen molar-refractivity contribution in [2.24, 2.45) is 11.8 Å². The molecule has 3 rings (SSSR count). The van der Waals surface area contributed by atoms with E-state index in [9.17, 15) is 13.6 Å². The van der Waals surface area contributed by atoms with E-state index in [1.807, 2.05) is 0 Å². The van der Waals surface area contributed by atoms with Crippen LogP contribution in [0.5, 0.6) is 0 Å². The standard InChI is InChI=1S/C16H17F2NO/c1-10-6-7-13(17)14(15(10)18)16(20)19-8-11-4-2-3-5-12(11)9-19/h2-3,6-7,11-12H,4-5,8-9H2,1H3/t11-,12+. The minimum absolute atomic E-state index is 0.299. The lowest BCUT2D eigenvalue weighted by molar-refractivity contribution is 0.0774. The van der Waals surface area contributed by atoms with Crippen molar-refractivity contribution in [3.63, 3.8) is 0 Å². The van der Waals surface area contributed by atoms with Crippen molar-refractivity contribution < 1.29 is 13.6 Å². The maximum Gasteiger partial charge on any atom is 0.259 e. The van der Waals surface area contributed by atoms with Gasteiger partial charge in [-0.05, 0) is 43.2 Å². The van der Waals surface area contributed by atoms with Gasteiger partial charge in [0.2, 0.25) is 0 Å². The van der Waals surface area contributed by atoms with Crippen LogP contribution in [0.15, 0.2) is 24.3 Å². The topological polar surface area (TPSA) is 20.3 Å². The Morgan fingerprint density at radius 1 is 1.15 bits per heavy atom. The molecule has 2 atom stereocenters. The Labute approximate surface area is 117 Å². The third kappa shape index (κ3) is 2.13. The molecule has 0 saturated carbocycles. The summed E-state index contributed by atoms with van der Waals surface area (Å²) in [7, 11) is 0. The van der Waals surface area contributed by atoms with Crippen LogP contribution in [0.25, 0.3) is 0 Å². The molecule has 0 radical (unpaired) electrons. The number of amides is 1. The first kappa shape index (κ1) is 13.3. The number of aryl methyl sites for hydroxylation is 1. The number of hydrogen-bond acceptors (Lipinski definition) is 1. The lowest BCUT2D eigenvalue weighted by atomic mass is 9.86. The number of halogens is 2. The van der Waals surface area contributed by atoms with Crippen LogP contribution in [0.3, 0.4) is 0 Å². The number of carbonyl (C=O) groups is 1. The van der Waals surface area contributed by atoms with Gasteiger partial charge in [0.15, 0.2) is 0 Å². The lowest BCUT2D eigenvalue weighted by Crippen LogP contribution is -2.30.